The molecule has 2 heterocycles. The second-order valence-corrected chi connectivity index (χ2v) is 7.53. The first-order valence-corrected chi connectivity index (χ1v) is 10.5. The Morgan fingerprint density at radius 3 is 2.72 bits per heavy atom. The third-order valence-electron chi connectivity index (χ3n) is 5.46. The average Bonchev–Trinajstić information content (AvgIpc) is 3.39. The normalized spacial score (nSPS) is 15.1. The summed E-state index contributed by atoms with van der Waals surface area (Å²) in [6, 6.07) is 9.09. The predicted octanol–water partition coefficient (Wildman–Crippen LogP) is 4.12. The van der Waals surface area contributed by atoms with Crippen molar-refractivity contribution in [2.45, 2.75) is 52.1 Å². The lowest BCUT2D eigenvalue weighted by Gasteiger charge is -2.22. The second-order valence-electron chi connectivity index (χ2n) is 7.53. The van der Waals surface area contributed by atoms with Crippen molar-refractivity contribution >= 4 is 35.6 Å². The number of benzene rings is 1. The maximum Gasteiger partial charge on any atom is 0.191 e. The first kappa shape index (κ1) is 23.5. The van der Waals surface area contributed by atoms with Crippen molar-refractivity contribution in [1.29, 1.82) is 0 Å². The molecule has 6 nitrogen and oxygen atoms in total. The number of hydrogen-bond acceptors (Lipinski definition) is 3. The number of rotatable bonds is 8. The molecule has 0 amide bonds. The number of aryl methyl sites for hydroxylation is 2. The van der Waals surface area contributed by atoms with E-state index in [1.165, 1.54) is 37.2 Å². The molecule has 1 atom stereocenters. The van der Waals surface area contributed by atoms with E-state index in [0.717, 1.165) is 37.7 Å². The van der Waals surface area contributed by atoms with Crippen LogP contribution in [0.3, 0.4) is 0 Å². The van der Waals surface area contributed by atoms with Gasteiger partial charge in [0.1, 0.15) is 5.82 Å². The third-order valence-corrected chi connectivity index (χ3v) is 5.46. The largest absolute Gasteiger partial charge is 0.372 e. The van der Waals surface area contributed by atoms with E-state index in [1.54, 1.807) is 0 Å². The monoisotopic (exact) mass is 510 g/mol. The summed E-state index contributed by atoms with van der Waals surface area (Å²) in [5, 5.41) is 6.96. The lowest BCUT2D eigenvalue weighted by atomic mass is 10.1. The van der Waals surface area contributed by atoms with Gasteiger partial charge in [-0.05, 0) is 57.2 Å². The van der Waals surface area contributed by atoms with Crippen LogP contribution in [0.4, 0.5) is 5.69 Å². The molecular weight excluding hydrogens is 475 g/mol. The Morgan fingerprint density at radius 1 is 1.24 bits per heavy atom. The molecule has 0 spiro atoms. The van der Waals surface area contributed by atoms with Crippen molar-refractivity contribution in [2.75, 3.05) is 31.6 Å². The minimum absolute atomic E-state index is 0. The molecule has 29 heavy (non-hydrogen) atoms. The van der Waals surface area contributed by atoms with E-state index in [9.17, 15) is 0 Å². The topological polar surface area (TPSA) is 57.5 Å². The highest BCUT2D eigenvalue weighted by Crippen LogP contribution is 2.23. The maximum absolute atomic E-state index is 4.38. The fourth-order valence-corrected chi connectivity index (χ4v) is 3.70. The van der Waals surface area contributed by atoms with Crippen LogP contribution in [-0.4, -0.2) is 42.2 Å². The van der Waals surface area contributed by atoms with Crippen LogP contribution in [0.2, 0.25) is 0 Å². The average molecular weight is 510 g/mol. The number of anilines is 1. The van der Waals surface area contributed by atoms with Crippen LogP contribution in [0.15, 0.2) is 41.7 Å². The summed E-state index contributed by atoms with van der Waals surface area (Å²) in [6.07, 6.45) is 8.72. The maximum atomic E-state index is 4.38. The Labute approximate surface area is 192 Å². The van der Waals surface area contributed by atoms with Gasteiger partial charge in [-0.15, -0.1) is 24.0 Å². The molecule has 1 saturated heterocycles. The number of nitrogens with one attached hydrogen (secondary N) is 2. The highest BCUT2D eigenvalue weighted by Gasteiger charge is 2.14. The van der Waals surface area contributed by atoms with Crippen molar-refractivity contribution in [3.63, 3.8) is 0 Å². The lowest BCUT2D eigenvalue weighted by molar-refractivity contribution is 0.585. The molecule has 160 valence electrons. The molecule has 3 rings (SSSR count). The Kier molecular flexibility index (Phi) is 9.76. The van der Waals surface area contributed by atoms with Gasteiger partial charge in [0.2, 0.25) is 0 Å². The third kappa shape index (κ3) is 6.90. The SMILES string of the molecule is CN=C(NCCCCn1ccnc1C)NC(C)c1cccc(N2CCCC2)c1.I. The van der Waals surface area contributed by atoms with E-state index in [2.05, 4.69) is 61.3 Å². The molecular formula is C22H35IN6. The van der Waals surface area contributed by atoms with Gasteiger partial charge in [-0.3, -0.25) is 4.99 Å². The van der Waals surface area contributed by atoms with Crippen LogP contribution in [0, 0.1) is 6.92 Å². The van der Waals surface area contributed by atoms with Crippen molar-refractivity contribution in [2.24, 2.45) is 4.99 Å². The van der Waals surface area contributed by atoms with Gasteiger partial charge >= 0.3 is 0 Å². The number of halogens is 1. The van der Waals surface area contributed by atoms with E-state index in [1.807, 2.05) is 26.4 Å². The summed E-state index contributed by atoms with van der Waals surface area (Å²) in [5.74, 6) is 1.94. The van der Waals surface area contributed by atoms with Crippen LogP contribution in [-0.2, 0) is 6.54 Å². The minimum atomic E-state index is 0. The summed E-state index contributed by atoms with van der Waals surface area (Å²) in [7, 11) is 1.83. The molecule has 2 N–H and O–H groups in total. The number of nitrogens with zero attached hydrogens (tertiary/aromatic N) is 4. The van der Waals surface area contributed by atoms with Crippen molar-refractivity contribution in [3.05, 3.63) is 48.0 Å². The first-order chi connectivity index (χ1) is 13.7. The van der Waals surface area contributed by atoms with Crippen LogP contribution >= 0.6 is 24.0 Å². The number of unbranched alkanes of at least 4 members (excludes halogenated alkanes) is 1. The standard InChI is InChI=1S/C22H34N6.HI/c1-18(20-9-8-10-21(17-20)28-14-6-7-15-28)26-22(23-3)25-11-4-5-13-27-16-12-24-19(27)2;/h8-10,12,16-18H,4-7,11,13-15H2,1-3H3,(H2,23,25,26);1H. The van der Waals surface area contributed by atoms with Gasteiger partial charge in [-0.25, -0.2) is 4.98 Å². The molecule has 1 fully saturated rings. The lowest BCUT2D eigenvalue weighted by Crippen LogP contribution is -2.39. The van der Waals surface area contributed by atoms with Gasteiger partial charge in [0, 0.05) is 51.3 Å². The van der Waals surface area contributed by atoms with Gasteiger partial charge in [-0.2, -0.15) is 0 Å². The Balaban J connectivity index is 0.00000300. The summed E-state index contributed by atoms with van der Waals surface area (Å²) >= 11 is 0. The molecule has 7 heteroatoms. The Morgan fingerprint density at radius 2 is 2.03 bits per heavy atom. The van der Waals surface area contributed by atoms with Gasteiger partial charge < -0.3 is 20.1 Å². The highest BCUT2D eigenvalue weighted by molar-refractivity contribution is 14.0. The molecule has 0 aliphatic carbocycles. The molecule has 0 bridgehead atoms. The zero-order valence-electron chi connectivity index (χ0n) is 17.9. The highest BCUT2D eigenvalue weighted by atomic mass is 127. The molecule has 0 saturated carbocycles. The number of guanidine groups is 1. The molecule has 1 aromatic carbocycles. The summed E-state index contributed by atoms with van der Waals surface area (Å²) in [5.41, 5.74) is 2.63. The molecule has 1 aromatic heterocycles. The quantitative estimate of drug-likeness (QED) is 0.243. The van der Waals surface area contributed by atoms with Gasteiger partial charge in [0.05, 0.1) is 6.04 Å². The number of imidazole rings is 1. The van der Waals surface area contributed by atoms with Crippen LogP contribution in [0.5, 0.6) is 0 Å². The second kappa shape index (κ2) is 12.0. The number of hydrogen-bond donors (Lipinski definition) is 2. The smallest absolute Gasteiger partial charge is 0.191 e. The molecule has 1 aliphatic rings. The van der Waals surface area contributed by atoms with Crippen molar-refractivity contribution in [3.8, 4) is 0 Å². The Hall–Kier alpha value is -1.77. The van der Waals surface area contributed by atoms with Crippen molar-refractivity contribution in [1.82, 2.24) is 20.2 Å². The number of aromatic nitrogens is 2. The van der Waals surface area contributed by atoms with Gasteiger partial charge in [0.25, 0.3) is 0 Å². The summed E-state index contributed by atoms with van der Waals surface area (Å²) in [4.78, 5) is 11.1. The molecule has 1 aliphatic heterocycles. The van der Waals surface area contributed by atoms with E-state index >= 15 is 0 Å². The Bertz CT molecular complexity index is 766. The van der Waals surface area contributed by atoms with Crippen molar-refractivity contribution < 1.29 is 0 Å². The van der Waals surface area contributed by atoms with Crippen LogP contribution < -0.4 is 15.5 Å². The van der Waals surface area contributed by atoms with E-state index in [0.29, 0.717) is 0 Å². The van der Waals surface area contributed by atoms with E-state index < -0.39 is 0 Å². The fourth-order valence-electron chi connectivity index (χ4n) is 3.70. The summed E-state index contributed by atoms with van der Waals surface area (Å²) in [6.45, 7) is 8.51. The first-order valence-electron chi connectivity index (χ1n) is 10.5. The van der Waals surface area contributed by atoms with E-state index in [-0.39, 0.29) is 30.0 Å². The van der Waals surface area contributed by atoms with Crippen LogP contribution in [0.1, 0.15) is 50.0 Å². The zero-order chi connectivity index (χ0) is 19.8. The molecule has 0 radical (unpaired) electrons. The van der Waals surface area contributed by atoms with Gasteiger partial charge in [0.15, 0.2) is 5.96 Å². The zero-order valence-corrected chi connectivity index (χ0v) is 20.2. The molecule has 1 unspecified atom stereocenters. The minimum Gasteiger partial charge on any atom is -0.372 e. The summed E-state index contributed by atoms with van der Waals surface area (Å²) < 4.78 is 2.20. The fraction of sp³-hybridized carbons (Fsp3) is 0.545. The van der Waals surface area contributed by atoms with E-state index in [4.69, 9.17) is 0 Å². The van der Waals surface area contributed by atoms with Crippen LogP contribution in [0.25, 0.3) is 0 Å². The predicted molar refractivity (Wildman–Crippen MR) is 132 cm³/mol. The molecule has 2 aromatic rings. The van der Waals surface area contributed by atoms with Gasteiger partial charge in [-0.1, -0.05) is 12.1 Å². The number of aliphatic imine (C=N–C) groups is 1.